The summed E-state index contributed by atoms with van der Waals surface area (Å²) in [4.78, 5) is 43.2. The number of fused-ring (bicyclic) bond motifs is 1. The zero-order chi connectivity index (χ0) is 26.9. The van der Waals surface area contributed by atoms with E-state index in [4.69, 9.17) is 37.4 Å². The van der Waals surface area contributed by atoms with Crippen molar-refractivity contribution in [3.63, 3.8) is 0 Å². The van der Waals surface area contributed by atoms with Gasteiger partial charge in [-0.1, -0.05) is 46.7 Å². The summed E-state index contributed by atoms with van der Waals surface area (Å²) < 4.78 is 17.8. The summed E-state index contributed by atoms with van der Waals surface area (Å²) in [5.41, 5.74) is 1.43. The summed E-state index contributed by atoms with van der Waals surface area (Å²) in [7, 11) is 1.43. The van der Waals surface area contributed by atoms with Crippen molar-refractivity contribution >= 4 is 52.6 Å². The molecule has 0 fully saturated rings. The number of esters is 2. The SMILES string of the molecule is CCOC(=O)C1=C(C)N=c2s/c(=C/c3ccc(Cl)cc3Cl)c(=O)n2[C@@H]1c1ccc(OC(C)=O)c(OC)c1. The maximum Gasteiger partial charge on any atom is 0.338 e. The van der Waals surface area contributed by atoms with Crippen LogP contribution >= 0.6 is 34.5 Å². The summed E-state index contributed by atoms with van der Waals surface area (Å²) >= 11 is 13.5. The number of ether oxygens (including phenoxy) is 3. The molecule has 0 saturated carbocycles. The predicted molar refractivity (Wildman–Crippen MR) is 141 cm³/mol. The van der Waals surface area contributed by atoms with E-state index in [-0.39, 0.29) is 29.2 Å². The second-order valence-corrected chi connectivity index (χ2v) is 9.82. The van der Waals surface area contributed by atoms with Crippen molar-refractivity contribution in [3.05, 3.63) is 88.5 Å². The molecule has 1 aliphatic rings. The number of aromatic nitrogens is 1. The maximum absolute atomic E-state index is 13.7. The second kappa shape index (κ2) is 10.9. The van der Waals surface area contributed by atoms with Gasteiger partial charge in [0.25, 0.3) is 5.56 Å². The van der Waals surface area contributed by atoms with Gasteiger partial charge < -0.3 is 14.2 Å². The number of halogens is 2. The van der Waals surface area contributed by atoms with Crippen molar-refractivity contribution in [3.8, 4) is 11.5 Å². The highest BCUT2D eigenvalue weighted by atomic mass is 35.5. The molecule has 0 aliphatic carbocycles. The van der Waals surface area contributed by atoms with Crippen LogP contribution < -0.4 is 24.4 Å². The minimum atomic E-state index is -0.863. The number of allylic oxidation sites excluding steroid dienone is 1. The topological polar surface area (TPSA) is 96.2 Å². The zero-order valence-corrected chi connectivity index (χ0v) is 22.7. The Labute approximate surface area is 226 Å². The molecule has 1 aromatic heterocycles. The highest BCUT2D eigenvalue weighted by Crippen LogP contribution is 2.36. The molecular weight excluding hydrogens is 539 g/mol. The zero-order valence-electron chi connectivity index (χ0n) is 20.3. The number of benzene rings is 2. The van der Waals surface area contributed by atoms with Crippen molar-refractivity contribution < 1.29 is 23.8 Å². The molecule has 11 heteroatoms. The van der Waals surface area contributed by atoms with Crippen LogP contribution in [0.3, 0.4) is 0 Å². The molecule has 0 radical (unpaired) electrons. The van der Waals surface area contributed by atoms with Crippen LogP contribution in [0.15, 0.2) is 57.5 Å². The summed E-state index contributed by atoms with van der Waals surface area (Å²) in [6.07, 6.45) is 1.66. The summed E-state index contributed by atoms with van der Waals surface area (Å²) in [6.45, 7) is 4.82. The Morgan fingerprint density at radius 3 is 2.57 bits per heavy atom. The smallest absolute Gasteiger partial charge is 0.338 e. The quantitative estimate of drug-likeness (QED) is 0.333. The van der Waals surface area contributed by atoms with E-state index in [2.05, 4.69) is 4.99 Å². The van der Waals surface area contributed by atoms with Crippen LogP contribution in [0.25, 0.3) is 6.08 Å². The van der Waals surface area contributed by atoms with Crippen molar-refractivity contribution in [1.29, 1.82) is 0 Å². The average molecular weight is 561 g/mol. The van der Waals surface area contributed by atoms with E-state index >= 15 is 0 Å². The van der Waals surface area contributed by atoms with Crippen LogP contribution in [-0.4, -0.2) is 30.2 Å². The highest BCUT2D eigenvalue weighted by molar-refractivity contribution is 7.07. The number of hydrogen-bond acceptors (Lipinski definition) is 8. The van der Waals surface area contributed by atoms with Crippen LogP contribution in [0.4, 0.5) is 0 Å². The van der Waals surface area contributed by atoms with Crippen molar-refractivity contribution in [2.45, 2.75) is 26.8 Å². The molecule has 0 bridgehead atoms. The number of carbonyl (C=O) groups excluding carboxylic acids is 2. The molecule has 2 heterocycles. The average Bonchev–Trinajstić information content (AvgIpc) is 3.14. The van der Waals surface area contributed by atoms with Gasteiger partial charge in [0.15, 0.2) is 16.3 Å². The molecule has 1 atom stereocenters. The molecule has 0 amide bonds. The second-order valence-electron chi connectivity index (χ2n) is 7.97. The predicted octanol–water partition coefficient (Wildman–Crippen LogP) is 4.04. The molecule has 8 nitrogen and oxygen atoms in total. The Bertz CT molecular complexity index is 1620. The Hall–Kier alpha value is -3.40. The lowest BCUT2D eigenvalue weighted by Gasteiger charge is -2.25. The lowest BCUT2D eigenvalue weighted by molar-refractivity contribution is -0.139. The van der Waals surface area contributed by atoms with Crippen LogP contribution in [0.1, 0.15) is 37.9 Å². The largest absolute Gasteiger partial charge is 0.493 e. The number of methoxy groups -OCH3 is 1. The maximum atomic E-state index is 13.7. The van der Waals surface area contributed by atoms with Gasteiger partial charge in [0.2, 0.25) is 0 Å². The van der Waals surface area contributed by atoms with Crippen molar-refractivity contribution in [2.24, 2.45) is 4.99 Å². The minimum absolute atomic E-state index is 0.149. The fraction of sp³-hybridized carbons (Fsp3) is 0.231. The lowest BCUT2D eigenvalue weighted by atomic mass is 9.95. The van der Waals surface area contributed by atoms with E-state index in [1.54, 1.807) is 56.3 Å². The molecule has 37 heavy (non-hydrogen) atoms. The third-order valence-corrected chi connectivity index (χ3v) is 7.07. The first-order chi connectivity index (χ1) is 17.6. The molecule has 3 aromatic rings. The van der Waals surface area contributed by atoms with Crippen molar-refractivity contribution in [1.82, 2.24) is 4.57 Å². The van der Waals surface area contributed by atoms with E-state index in [1.807, 2.05) is 0 Å². The van der Waals surface area contributed by atoms with Gasteiger partial charge in [0.05, 0.1) is 35.6 Å². The number of rotatable bonds is 6. The van der Waals surface area contributed by atoms with Gasteiger partial charge in [0.1, 0.15) is 0 Å². The first-order valence-corrected chi connectivity index (χ1v) is 12.7. The van der Waals surface area contributed by atoms with Crippen molar-refractivity contribution in [2.75, 3.05) is 13.7 Å². The van der Waals surface area contributed by atoms with E-state index < -0.39 is 18.0 Å². The highest BCUT2D eigenvalue weighted by Gasteiger charge is 2.34. The fourth-order valence-electron chi connectivity index (χ4n) is 3.96. The van der Waals surface area contributed by atoms with Gasteiger partial charge in [-0.15, -0.1) is 0 Å². The van der Waals surface area contributed by atoms with E-state index in [1.165, 1.54) is 29.9 Å². The summed E-state index contributed by atoms with van der Waals surface area (Å²) in [6, 6.07) is 8.96. The standard InChI is InChI=1S/C26H22Cl2N2O6S/c1-5-35-25(33)22-13(2)29-26-30(23(22)16-7-9-19(36-14(3)31)20(10-16)34-4)24(32)21(37-26)11-15-6-8-17(27)12-18(15)28/h6-12,23H,5H2,1-4H3/b21-11+/t23-/m1/s1. The molecule has 192 valence electrons. The first-order valence-electron chi connectivity index (χ1n) is 11.2. The molecule has 1 aliphatic heterocycles. The number of thiazole rings is 1. The monoisotopic (exact) mass is 560 g/mol. The van der Waals surface area contributed by atoms with Gasteiger partial charge >= 0.3 is 11.9 Å². The minimum Gasteiger partial charge on any atom is -0.493 e. The molecule has 0 N–H and O–H groups in total. The Morgan fingerprint density at radius 1 is 1.16 bits per heavy atom. The van der Waals surface area contributed by atoms with E-state index in [0.29, 0.717) is 36.2 Å². The van der Waals surface area contributed by atoms with Gasteiger partial charge in [-0.3, -0.25) is 14.2 Å². The number of carbonyl (C=O) groups is 2. The number of hydrogen-bond donors (Lipinski definition) is 0. The molecule has 2 aromatic carbocycles. The Kier molecular flexibility index (Phi) is 7.87. The third-order valence-electron chi connectivity index (χ3n) is 5.52. The van der Waals surface area contributed by atoms with Gasteiger partial charge in [-0.05, 0) is 55.3 Å². The van der Waals surface area contributed by atoms with E-state index in [0.717, 1.165) is 0 Å². The fourth-order valence-corrected chi connectivity index (χ4v) is 5.46. The third kappa shape index (κ3) is 5.34. The molecular formula is C26H22Cl2N2O6S. The van der Waals surface area contributed by atoms with Crippen LogP contribution in [0.5, 0.6) is 11.5 Å². The molecule has 4 rings (SSSR count). The number of nitrogens with zero attached hydrogens (tertiary/aromatic N) is 2. The summed E-state index contributed by atoms with van der Waals surface area (Å²) in [5.74, 6) is -0.628. The first kappa shape index (κ1) is 26.7. The lowest BCUT2D eigenvalue weighted by Crippen LogP contribution is -2.40. The molecule has 0 saturated heterocycles. The van der Waals surface area contributed by atoms with Gasteiger partial charge in [-0.25, -0.2) is 9.79 Å². The van der Waals surface area contributed by atoms with Crippen LogP contribution in [-0.2, 0) is 14.3 Å². The Morgan fingerprint density at radius 2 is 1.92 bits per heavy atom. The molecule has 0 unspecified atom stereocenters. The van der Waals surface area contributed by atoms with E-state index in [9.17, 15) is 14.4 Å². The van der Waals surface area contributed by atoms with Crippen LogP contribution in [0, 0.1) is 0 Å². The van der Waals surface area contributed by atoms with Crippen LogP contribution in [0.2, 0.25) is 10.0 Å². The van der Waals surface area contributed by atoms with Gasteiger partial charge in [-0.2, -0.15) is 0 Å². The summed E-state index contributed by atoms with van der Waals surface area (Å²) in [5, 5.41) is 0.869. The van der Waals surface area contributed by atoms with Gasteiger partial charge in [0, 0.05) is 17.0 Å². The normalized spacial score (nSPS) is 15.2. The molecule has 0 spiro atoms. The Balaban J connectivity index is 1.96.